The molecule has 0 radical (unpaired) electrons. The van der Waals surface area contributed by atoms with E-state index in [1.807, 2.05) is 6.92 Å². The predicted octanol–water partition coefficient (Wildman–Crippen LogP) is 2.60. The van der Waals surface area contributed by atoms with E-state index in [2.05, 4.69) is 12.0 Å². The third-order valence-corrected chi connectivity index (χ3v) is 4.91. The van der Waals surface area contributed by atoms with Crippen LogP contribution in [0, 0.1) is 29.6 Å². The van der Waals surface area contributed by atoms with Crippen LogP contribution in [0.1, 0.15) is 48.5 Å². The van der Waals surface area contributed by atoms with Crippen LogP contribution >= 0.6 is 0 Å². The molecule has 3 rings (SSSR count). The minimum atomic E-state index is -0.853. The highest BCUT2D eigenvalue weighted by Gasteiger charge is 2.31. The monoisotopic (exact) mass is 316 g/mol. The molecule has 3 N–H and O–H groups in total. The van der Waals surface area contributed by atoms with E-state index in [1.165, 1.54) is 11.0 Å². The Labute approximate surface area is 135 Å². The second-order valence-corrected chi connectivity index (χ2v) is 6.55. The van der Waals surface area contributed by atoms with Crippen LogP contribution in [0.3, 0.4) is 0 Å². The third kappa shape index (κ3) is 3.04. The normalized spacial score (nSPS) is 24.8. The first-order valence-corrected chi connectivity index (χ1v) is 8.06. The maximum Gasteiger partial charge on any atom is 0.269 e. The Morgan fingerprint density at radius 3 is 2.70 bits per heavy atom. The van der Waals surface area contributed by atoms with E-state index < -0.39 is 17.5 Å². The van der Waals surface area contributed by atoms with Crippen molar-refractivity contribution in [1.29, 1.82) is 0 Å². The van der Waals surface area contributed by atoms with Crippen LogP contribution in [-0.4, -0.2) is 22.0 Å². The number of nitrogens with zero attached hydrogens (tertiary/aromatic N) is 1. The molecule has 0 bridgehead atoms. The number of hydrogen-bond acceptors (Lipinski definition) is 3. The van der Waals surface area contributed by atoms with Gasteiger partial charge in [0.2, 0.25) is 0 Å². The molecular formula is C18H21FN2O2. The lowest BCUT2D eigenvalue weighted by molar-refractivity contribution is 0.0849. The molecule has 0 aromatic heterocycles. The van der Waals surface area contributed by atoms with Gasteiger partial charge in [0.15, 0.2) is 11.6 Å². The number of phenolic OH excluding ortho intramolecular Hbond substituents is 1. The molecule has 1 aliphatic carbocycles. The molecule has 1 saturated carbocycles. The number of hydrogen-bond donors (Lipinski definition) is 2. The van der Waals surface area contributed by atoms with Crippen molar-refractivity contribution < 1.29 is 14.3 Å². The average Bonchev–Trinajstić information content (AvgIpc) is 2.86. The van der Waals surface area contributed by atoms with Crippen LogP contribution in [0.5, 0.6) is 5.75 Å². The molecule has 0 spiro atoms. The Balaban J connectivity index is 1.68. The maximum atomic E-state index is 13.9. The zero-order chi connectivity index (χ0) is 16.6. The highest BCUT2D eigenvalue weighted by atomic mass is 19.1. The summed E-state index contributed by atoms with van der Waals surface area (Å²) in [5.41, 5.74) is 6.45. The highest BCUT2D eigenvalue weighted by molar-refractivity contribution is 6.00. The smallest absolute Gasteiger partial charge is 0.269 e. The summed E-state index contributed by atoms with van der Waals surface area (Å²) >= 11 is 0. The van der Waals surface area contributed by atoms with Gasteiger partial charge in [-0.05, 0) is 50.2 Å². The quantitative estimate of drug-likeness (QED) is 0.783. The molecule has 1 heterocycles. The van der Waals surface area contributed by atoms with Crippen molar-refractivity contribution >= 4 is 5.91 Å². The van der Waals surface area contributed by atoms with Gasteiger partial charge < -0.3 is 10.8 Å². The zero-order valence-corrected chi connectivity index (χ0v) is 13.2. The molecule has 1 aromatic rings. The van der Waals surface area contributed by atoms with Crippen molar-refractivity contribution in [1.82, 2.24) is 4.90 Å². The van der Waals surface area contributed by atoms with Gasteiger partial charge in [0.25, 0.3) is 5.91 Å². The summed E-state index contributed by atoms with van der Waals surface area (Å²) in [7, 11) is 0. The molecule has 1 fully saturated rings. The van der Waals surface area contributed by atoms with Gasteiger partial charge in [-0.3, -0.25) is 9.69 Å². The van der Waals surface area contributed by atoms with Crippen molar-refractivity contribution in [2.24, 2.45) is 17.6 Å². The van der Waals surface area contributed by atoms with Gasteiger partial charge in [-0.2, -0.15) is 0 Å². The largest absolute Gasteiger partial charge is 0.505 e. The Morgan fingerprint density at radius 2 is 2.04 bits per heavy atom. The summed E-state index contributed by atoms with van der Waals surface area (Å²) in [4.78, 5) is 13.6. The summed E-state index contributed by atoms with van der Waals surface area (Å²) < 4.78 is 13.9. The van der Waals surface area contributed by atoms with Crippen LogP contribution in [0.2, 0.25) is 0 Å². The SMILES string of the molecule is CC(N)C1CCC(C#CN2Cc3ccc(O)c(F)c3C2=O)CC1. The lowest BCUT2D eigenvalue weighted by atomic mass is 9.79. The van der Waals surface area contributed by atoms with E-state index in [4.69, 9.17) is 5.73 Å². The molecule has 5 heteroatoms. The molecule has 122 valence electrons. The van der Waals surface area contributed by atoms with Crippen molar-refractivity contribution in [3.8, 4) is 17.7 Å². The summed E-state index contributed by atoms with van der Waals surface area (Å²) in [5, 5.41) is 9.40. The van der Waals surface area contributed by atoms with Crippen molar-refractivity contribution in [3.05, 3.63) is 29.1 Å². The lowest BCUT2D eigenvalue weighted by Gasteiger charge is -2.28. The van der Waals surface area contributed by atoms with Gasteiger partial charge in [-0.15, -0.1) is 0 Å². The number of carbonyl (C=O) groups excluding carboxylic acids is 1. The molecule has 0 saturated heterocycles. The molecule has 1 aliphatic heterocycles. The number of carbonyl (C=O) groups is 1. The molecule has 1 amide bonds. The van der Waals surface area contributed by atoms with Gasteiger partial charge in [-0.25, -0.2) is 4.39 Å². The minimum Gasteiger partial charge on any atom is -0.505 e. The van der Waals surface area contributed by atoms with Crippen LogP contribution in [0.15, 0.2) is 12.1 Å². The average molecular weight is 316 g/mol. The van der Waals surface area contributed by atoms with Gasteiger partial charge in [0, 0.05) is 18.0 Å². The van der Waals surface area contributed by atoms with Gasteiger partial charge in [0.1, 0.15) is 0 Å². The second kappa shape index (κ2) is 6.21. The topological polar surface area (TPSA) is 66.6 Å². The number of benzene rings is 1. The Morgan fingerprint density at radius 1 is 1.35 bits per heavy atom. The first-order chi connectivity index (χ1) is 11.0. The fourth-order valence-corrected chi connectivity index (χ4v) is 3.39. The lowest BCUT2D eigenvalue weighted by Crippen LogP contribution is -2.30. The summed E-state index contributed by atoms with van der Waals surface area (Å²) in [6.07, 6.45) is 4.11. The standard InChI is InChI=1S/C18H21FN2O2/c1-11(20)13-4-2-12(3-5-13)8-9-21-10-14-6-7-15(22)17(19)16(14)18(21)23/h6-7,11-13,22H,2-5,10,20H2,1H3. The van der Waals surface area contributed by atoms with E-state index in [9.17, 15) is 14.3 Å². The first-order valence-electron chi connectivity index (χ1n) is 8.06. The van der Waals surface area contributed by atoms with E-state index in [-0.39, 0.29) is 24.1 Å². The van der Waals surface area contributed by atoms with Crippen LogP contribution in [0.25, 0.3) is 0 Å². The molecule has 2 aliphatic rings. The fraction of sp³-hybridized carbons (Fsp3) is 0.500. The molecule has 1 aromatic carbocycles. The third-order valence-electron chi connectivity index (χ3n) is 4.91. The Kier molecular flexibility index (Phi) is 4.27. The Hall–Kier alpha value is -2.06. The van der Waals surface area contributed by atoms with E-state index in [1.54, 1.807) is 6.07 Å². The number of phenols is 1. The summed E-state index contributed by atoms with van der Waals surface area (Å²) in [6, 6.07) is 5.95. The van der Waals surface area contributed by atoms with Gasteiger partial charge >= 0.3 is 0 Å². The predicted molar refractivity (Wildman–Crippen MR) is 84.8 cm³/mol. The number of amides is 1. The summed E-state index contributed by atoms with van der Waals surface area (Å²) in [6.45, 7) is 2.31. The van der Waals surface area contributed by atoms with E-state index in [0.717, 1.165) is 25.7 Å². The van der Waals surface area contributed by atoms with Gasteiger partial charge in [0.05, 0.1) is 12.1 Å². The number of halogens is 1. The van der Waals surface area contributed by atoms with Crippen LogP contribution in [-0.2, 0) is 6.54 Å². The highest BCUT2D eigenvalue weighted by Crippen LogP contribution is 2.31. The number of aromatic hydroxyl groups is 1. The van der Waals surface area contributed by atoms with Crippen LogP contribution < -0.4 is 5.73 Å². The summed E-state index contributed by atoms with van der Waals surface area (Å²) in [5.74, 6) is 2.15. The Bertz CT molecular complexity index is 682. The van der Waals surface area contributed by atoms with Crippen molar-refractivity contribution in [3.63, 3.8) is 0 Å². The number of nitrogens with two attached hydrogens (primary N) is 1. The van der Waals surface area contributed by atoms with Crippen molar-refractivity contribution in [2.45, 2.75) is 45.2 Å². The molecule has 23 heavy (non-hydrogen) atoms. The van der Waals surface area contributed by atoms with E-state index in [0.29, 0.717) is 11.5 Å². The fourth-order valence-electron chi connectivity index (χ4n) is 3.39. The van der Waals surface area contributed by atoms with Gasteiger partial charge in [-0.1, -0.05) is 12.0 Å². The minimum absolute atomic E-state index is 0.0556. The van der Waals surface area contributed by atoms with Crippen LogP contribution in [0.4, 0.5) is 4.39 Å². The molecule has 1 unspecified atom stereocenters. The first kappa shape index (κ1) is 15.8. The maximum absolute atomic E-state index is 13.9. The zero-order valence-electron chi connectivity index (χ0n) is 13.2. The number of rotatable bonds is 1. The van der Waals surface area contributed by atoms with E-state index >= 15 is 0 Å². The second-order valence-electron chi connectivity index (χ2n) is 6.55. The molecule has 1 atom stereocenters. The number of fused-ring (bicyclic) bond motifs is 1. The molecule has 4 nitrogen and oxygen atoms in total. The van der Waals surface area contributed by atoms with Crippen molar-refractivity contribution in [2.75, 3.05) is 0 Å². The molecular weight excluding hydrogens is 295 g/mol.